The summed E-state index contributed by atoms with van der Waals surface area (Å²) in [7, 11) is 5.79. The highest BCUT2D eigenvalue weighted by Gasteiger charge is 2.02. The normalized spacial score (nSPS) is 10.5. The highest BCUT2D eigenvalue weighted by Crippen LogP contribution is 2.22. The standard InChI is InChI=1S/C12H19BrN2O/c1-15(2)11-5-4-10(12(13)8-11)9-14-6-7-16-3/h4-5,8,14H,6-7,9H2,1-3H3. The first kappa shape index (κ1) is 13.5. The van der Waals surface area contributed by atoms with E-state index in [2.05, 4.69) is 44.3 Å². The Morgan fingerprint density at radius 3 is 2.69 bits per heavy atom. The van der Waals surface area contributed by atoms with Gasteiger partial charge in [-0.1, -0.05) is 22.0 Å². The number of nitrogens with zero attached hydrogens (tertiary/aromatic N) is 1. The van der Waals surface area contributed by atoms with Crippen molar-refractivity contribution in [3.63, 3.8) is 0 Å². The Morgan fingerprint density at radius 1 is 1.38 bits per heavy atom. The molecule has 0 heterocycles. The number of methoxy groups -OCH3 is 1. The fraction of sp³-hybridized carbons (Fsp3) is 0.500. The molecule has 0 aliphatic rings. The van der Waals surface area contributed by atoms with E-state index in [1.54, 1.807) is 7.11 Å². The molecule has 0 bridgehead atoms. The first-order valence-electron chi connectivity index (χ1n) is 5.30. The zero-order valence-electron chi connectivity index (χ0n) is 10.1. The van der Waals surface area contributed by atoms with Gasteiger partial charge in [0.25, 0.3) is 0 Å². The van der Waals surface area contributed by atoms with Crippen LogP contribution in [0.4, 0.5) is 5.69 Å². The average Bonchev–Trinajstić information content (AvgIpc) is 2.26. The zero-order chi connectivity index (χ0) is 12.0. The largest absolute Gasteiger partial charge is 0.383 e. The van der Waals surface area contributed by atoms with Crippen molar-refractivity contribution in [2.75, 3.05) is 39.3 Å². The van der Waals surface area contributed by atoms with E-state index in [1.165, 1.54) is 11.3 Å². The maximum Gasteiger partial charge on any atom is 0.0587 e. The average molecular weight is 287 g/mol. The van der Waals surface area contributed by atoms with Crippen LogP contribution >= 0.6 is 15.9 Å². The summed E-state index contributed by atoms with van der Waals surface area (Å²) in [5.74, 6) is 0. The van der Waals surface area contributed by atoms with E-state index >= 15 is 0 Å². The van der Waals surface area contributed by atoms with Gasteiger partial charge in [-0.3, -0.25) is 0 Å². The van der Waals surface area contributed by atoms with E-state index in [-0.39, 0.29) is 0 Å². The molecular formula is C12H19BrN2O. The summed E-state index contributed by atoms with van der Waals surface area (Å²) in [5, 5.41) is 3.32. The van der Waals surface area contributed by atoms with Crippen molar-refractivity contribution in [1.29, 1.82) is 0 Å². The quantitative estimate of drug-likeness (QED) is 0.812. The van der Waals surface area contributed by atoms with Crippen LogP contribution in [0.3, 0.4) is 0 Å². The van der Waals surface area contributed by atoms with Gasteiger partial charge < -0.3 is 15.0 Å². The molecule has 1 aromatic carbocycles. The Bertz CT molecular complexity index is 329. The minimum Gasteiger partial charge on any atom is -0.383 e. The van der Waals surface area contributed by atoms with Crippen molar-refractivity contribution in [3.8, 4) is 0 Å². The zero-order valence-corrected chi connectivity index (χ0v) is 11.7. The van der Waals surface area contributed by atoms with E-state index in [0.717, 1.165) is 24.2 Å². The lowest BCUT2D eigenvalue weighted by Gasteiger charge is -2.14. The van der Waals surface area contributed by atoms with Crippen LogP contribution in [0.1, 0.15) is 5.56 Å². The lowest BCUT2D eigenvalue weighted by Crippen LogP contribution is -2.19. The van der Waals surface area contributed by atoms with Crippen molar-refractivity contribution in [2.24, 2.45) is 0 Å². The molecule has 0 aliphatic heterocycles. The van der Waals surface area contributed by atoms with E-state index in [9.17, 15) is 0 Å². The number of ether oxygens (including phenoxy) is 1. The lowest BCUT2D eigenvalue weighted by molar-refractivity contribution is 0.199. The minimum atomic E-state index is 0.743. The third-order valence-corrected chi connectivity index (χ3v) is 3.09. The molecule has 1 N–H and O–H groups in total. The predicted molar refractivity (Wildman–Crippen MR) is 72.1 cm³/mol. The number of benzene rings is 1. The second-order valence-electron chi connectivity index (χ2n) is 3.84. The summed E-state index contributed by atoms with van der Waals surface area (Å²) in [6.07, 6.45) is 0. The second-order valence-corrected chi connectivity index (χ2v) is 4.69. The van der Waals surface area contributed by atoms with Gasteiger partial charge in [-0.25, -0.2) is 0 Å². The summed E-state index contributed by atoms with van der Waals surface area (Å²) in [6, 6.07) is 6.39. The van der Waals surface area contributed by atoms with E-state index in [0.29, 0.717) is 0 Å². The van der Waals surface area contributed by atoms with Gasteiger partial charge in [0.1, 0.15) is 0 Å². The second kappa shape index (κ2) is 6.89. The van der Waals surface area contributed by atoms with Crippen LogP contribution in [0.5, 0.6) is 0 Å². The highest BCUT2D eigenvalue weighted by atomic mass is 79.9. The number of halogens is 1. The summed E-state index contributed by atoms with van der Waals surface area (Å²) >= 11 is 3.59. The fourth-order valence-corrected chi connectivity index (χ4v) is 1.86. The van der Waals surface area contributed by atoms with Crippen LogP contribution in [0.2, 0.25) is 0 Å². The Labute approximate surface area is 106 Å². The smallest absolute Gasteiger partial charge is 0.0587 e. The molecular weight excluding hydrogens is 268 g/mol. The molecule has 90 valence electrons. The van der Waals surface area contributed by atoms with Gasteiger partial charge in [0.2, 0.25) is 0 Å². The van der Waals surface area contributed by atoms with Gasteiger partial charge in [0.15, 0.2) is 0 Å². The van der Waals surface area contributed by atoms with E-state index < -0.39 is 0 Å². The van der Waals surface area contributed by atoms with Gasteiger partial charge in [-0.2, -0.15) is 0 Å². The number of hydrogen-bond donors (Lipinski definition) is 1. The number of nitrogens with one attached hydrogen (secondary N) is 1. The maximum absolute atomic E-state index is 4.98. The molecule has 4 heteroatoms. The number of hydrogen-bond acceptors (Lipinski definition) is 3. The van der Waals surface area contributed by atoms with E-state index in [1.807, 2.05) is 14.1 Å². The van der Waals surface area contributed by atoms with Gasteiger partial charge in [-0.15, -0.1) is 0 Å². The van der Waals surface area contributed by atoms with Crippen molar-refractivity contribution in [2.45, 2.75) is 6.54 Å². The molecule has 0 atom stereocenters. The SMILES string of the molecule is COCCNCc1ccc(N(C)C)cc1Br. The first-order valence-corrected chi connectivity index (χ1v) is 6.10. The lowest BCUT2D eigenvalue weighted by atomic mass is 10.2. The van der Waals surface area contributed by atoms with Crippen LogP contribution in [-0.2, 0) is 11.3 Å². The van der Waals surface area contributed by atoms with Crippen LogP contribution in [-0.4, -0.2) is 34.4 Å². The van der Waals surface area contributed by atoms with Gasteiger partial charge in [-0.05, 0) is 17.7 Å². The Balaban J connectivity index is 2.54. The first-order chi connectivity index (χ1) is 7.65. The fourth-order valence-electron chi connectivity index (χ4n) is 1.36. The summed E-state index contributed by atoms with van der Waals surface area (Å²) in [4.78, 5) is 2.09. The molecule has 0 saturated carbocycles. The molecule has 3 nitrogen and oxygen atoms in total. The van der Waals surface area contributed by atoms with Crippen molar-refractivity contribution < 1.29 is 4.74 Å². The minimum absolute atomic E-state index is 0.743. The Hall–Kier alpha value is -0.580. The van der Waals surface area contributed by atoms with Gasteiger partial charge >= 0.3 is 0 Å². The predicted octanol–water partition coefficient (Wildman–Crippen LogP) is 2.25. The third-order valence-electron chi connectivity index (χ3n) is 2.35. The van der Waals surface area contributed by atoms with Crippen LogP contribution in [0, 0.1) is 0 Å². The Morgan fingerprint density at radius 2 is 2.12 bits per heavy atom. The molecule has 0 radical (unpaired) electrons. The summed E-state index contributed by atoms with van der Waals surface area (Å²) < 4.78 is 6.12. The van der Waals surface area contributed by atoms with Gasteiger partial charge in [0, 0.05) is 44.5 Å². The van der Waals surface area contributed by atoms with E-state index in [4.69, 9.17) is 4.74 Å². The molecule has 0 fully saturated rings. The maximum atomic E-state index is 4.98. The monoisotopic (exact) mass is 286 g/mol. The third kappa shape index (κ3) is 4.12. The summed E-state index contributed by atoms with van der Waals surface area (Å²) in [6.45, 7) is 2.48. The molecule has 16 heavy (non-hydrogen) atoms. The molecule has 0 aliphatic carbocycles. The van der Waals surface area contributed by atoms with Crippen LogP contribution in [0.25, 0.3) is 0 Å². The molecule has 0 amide bonds. The molecule has 1 aromatic rings. The molecule has 0 aromatic heterocycles. The molecule has 0 unspecified atom stereocenters. The van der Waals surface area contributed by atoms with Crippen molar-refractivity contribution >= 4 is 21.6 Å². The van der Waals surface area contributed by atoms with Crippen molar-refractivity contribution in [1.82, 2.24) is 5.32 Å². The topological polar surface area (TPSA) is 24.5 Å². The number of rotatable bonds is 6. The molecule has 0 spiro atoms. The van der Waals surface area contributed by atoms with Crippen LogP contribution < -0.4 is 10.2 Å². The summed E-state index contributed by atoms with van der Waals surface area (Å²) in [5.41, 5.74) is 2.47. The van der Waals surface area contributed by atoms with Crippen molar-refractivity contribution in [3.05, 3.63) is 28.2 Å². The number of anilines is 1. The Kier molecular flexibility index (Phi) is 5.80. The highest BCUT2D eigenvalue weighted by molar-refractivity contribution is 9.10. The van der Waals surface area contributed by atoms with Gasteiger partial charge in [0.05, 0.1) is 6.61 Å². The molecule has 0 saturated heterocycles. The molecule has 1 rings (SSSR count). The van der Waals surface area contributed by atoms with Crippen LogP contribution in [0.15, 0.2) is 22.7 Å².